The Hall–Kier alpha value is -1.27. The fourth-order valence-electron chi connectivity index (χ4n) is 1.25. The molecule has 0 fully saturated rings. The van der Waals surface area contributed by atoms with Gasteiger partial charge in [-0.2, -0.15) is 11.8 Å². The average Bonchev–Trinajstić information content (AvgIpc) is 2.34. The number of carboxylic acid groups (broad SMARTS) is 1. The second-order valence-electron chi connectivity index (χ2n) is 3.34. The van der Waals surface area contributed by atoms with Gasteiger partial charge in [-0.05, 0) is 18.2 Å². The lowest BCUT2D eigenvalue weighted by molar-refractivity contribution is 0.0697. The van der Waals surface area contributed by atoms with Crippen molar-refractivity contribution in [3.05, 3.63) is 24.0 Å². The molecule has 0 aromatic carbocycles. The van der Waals surface area contributed by atoms with Crippen molar-refractivity contribution in [1.29, 1.82) is 0 Å². The highest BCUT2D eigenvalue weighted by molar-refractivity contribution is 7.99. The molecular weight excluding hydrogens is 240 g/mol. The molecule has 0 aliphatic rings. The van der Waals surface area contributed by atoms with Crippen molar-refractivity contribution in [3.8, 4) is 0 Å². The number of hydrogen-bond acceptors (Lipinski definition) is 5. The highest BCUT2D eigenvalue weighted by Gasteiger charge is 2.08. The van der Waals surface area contributed by atoms with Crippen LogP contribution in [0.25, 0.3) is 0 Å². The van der Waals surface area contributed by atoms with Gasteiger partial charge in [-0.15, -0.1) is 0 Å². The standard InChI is InChI=1S/C11H16N2O3S/c14-5-1-6-17-7-4-13-10-2-3-12-8-9(10)11(15)16/h2-3,8,14H,1,4-7H2,(H,12,13)(H,15,16). The number of nitrogens with one attached hydrogen (secondary N) is 1. The van der Waals surface area contributed by atoms with Gasteiger partial charge in [0.1, 0.15) is 5.56 Å². The zero-order valence-electron chi connectivity index (χ0n) is 9.43. The summed E-state index contributed by atoms with van der Waals surface area (Å²) in [5, 5.41) is 20.6. The van der Waals surface area contributed by atoms with Crippen LogP contribution in [0.4, 0.5) is 5.69 Å². The third-order valence-corrected chi connectivity index (χ3v) is 3.13. The summed E-state index contributed by atoms with van der Waals surface area (Å²) in [6.45, 7) is 0.911. The smallest absolute Gasteiger partial charge is 0.339 e. The quantitative estimate of drug-likeness (QED) is 0.608. The largest absolute Gasteiger partial charge is 0.478 e. The Morgan fingerprint density at radius 2 is 2.29 bits per heavy atom. The van der Waals surface area contributed by atoms with Crippen LogP contribution in [0.3, 0.4) is 0 Å². The monoisotopic (exact) mass is 256 g/mol. The number of rotatable bonds is 8. The van der Waals surface area contributed by atoms with Gasteiger partial charge in [-0.1, -0.05) is 0 Å². The summed E-state index contributed by atoms with van der Waals surface area (Å²) in [7, 11) is 0. The summed E-state index contributed by atoms with van der Waals surface area (Å²) >= 11 is 1.73. The lowest BCUT2D eigenvalue weighted by Gasteiger charge is -2.08. The lowest BCUT2D eigenvalue weighted by Crippen LogP contribution is -2.09. The van der Waals surface area contributed by atoms with Gasteiger partial charge in [0.05, 0.1) is 5.69 Å². The predicted octanol–water partition coefficient (Wildman–Crippen LogP) is 1.31. The third kappa shape index (κ3) is 5.06. The van der Waals surface area contributed by atoms with Gasteiger partial charge >= 0.3 is 5.97 Å². The van der Waals surface area contributed by atoms with Gasteiger partial charge < -0.3 is 15.5 Å². The maximum atomic E-state index is 10.9. The van der Waals surface area contributed by atoms with Crippen molar-refractivity contribution in [2.24, 2.45) is 0 Å². The van der Waals surface area contributed by atoms with Gasteiger partial charge in [-0.25, -0.2) is 4.79 Å². The molecule has 17 heavy (non-hydrogen) atoms. The number of anilines is 1. The van der Waals surface area contributed by atoms with Gasteiger partial charge in [0.15, 0.2) is 0 Å². The maximum Gasteiger partial charge on any atom is 0.339 e. The number of hydrogen-bond donors (Lipinski definition) is 3. The second-order valence-corrected chi connectivity index (χ2v) is 4.57. The van der Waals surface area contributed by atoms with Crippen molar-refractivity contribution in [2.75, 3.05) is 30.0 Å². The minimum absolute atomic E-state index is 0.188. The third-order valence-electron chi connectivity index (χ3n) is 2.06. The SMILES string of the molecule is O=C(O)c1cnccc1NCCSCCCO. The Morgan fingerprint density at radius 3 is 3.00 bits per heavy atom. The first-order chi connectivity index (χ1) is 8.25. The molecule has 0 bridgehead atoms. The van der Waals surface area contributed by atoms with E-state index in [1.807, 2.05) is 0 Å². The number of carbonyl (C=O) groups is 1. The number of thioether (sulfide) groups is 1. The zero-order chi connectivity index (χ0) is 12.5. The fraction of sp³-hybridized carbons (Fsp3) is 0.455. The molecular formula is C11H16N2O3S. The van der Waals surface area contributed by atoms with Gasteiger partial charge in [0.2, 0.25) is 0 Å². The van der Waals surface area contributed by atoms with Crippen molar-refractivity contribution < 1.29 is 15.0 Å². The average molecular weight is 256 g/mol. The summed E-state index contributed by atoms with van der Waals surface area (Å²) in [5.41, 5.74) is 0.781. The van der Waals surface area contributed by atoms with E-state index in [0.717, 1.165) is 17.9 Å². The van der Waals surface area contributed by atoms with Crippen molar-refractivity contribution >= 4 is 23.4 Å². The Balaban J connectivity index is 2.34. The highest BCUT2D eigenvalue weighted by atomic mass is 32.2. The van der Waals surface area contributed by atoms with Crippen molar-refractivity contribution in [2.45, 2.75) is 6.42 Å². The molecule has 0 saturated carbocycles. The van der Waals surface area contributed by atoms with E-state index in [1.54, 1.807) is 24.0 Å². The molecule has 0 saturated heterocycles. The van der Waals surface area contributed by atoms with Crippen molar-refractivity contribution in [1.82, 2.24) is 4.98 Å². The van der Waals surface area contributed by atoms with E-state index in [2.05, 4.69) is 10.3 Å². The second kappa shape index (κ2) is 7.92. The molecule has 1 aromatic rings. The first kappa shape index (κ1) is 13.8. The summed E-state index contributed by atoms with van der Waals surface area (Å²) in [5.74, 6) is 0.815. The molecule has 0 amide bonds. The number of aliphatic hydroxyl groups is 1. The number of carboxylic acids is 1. The number of aliphatic hydroxyl groups excluding tert-OH is 1. The van der Waals surface area contributed by atoms with E-state index in [9.17, 15) is 4.79 Å². The Labute approximate surface area is 104 Å². The van der Waals surface area contributed by atoms with E-state index >= 15 is 0 Å². The molecule has 0 radical (unpaired) electrons. The van der Waals surface area contributed by atoms with Crippen LogP contribution in [-0.4, -0.2) is 45.8 Å². The van der Waals surface area contributed by atoms with E-state index in [-0.39, 0.29) is 12.2 Å². The minimum atomic E-state index is -0.978. The van der Waals surface area contributed by atoms with Crippen LogP contribution in [0, 0.1) is 0 Å². The van der Waals surface area contributed by atoms with Gasteiger partial charge in [0.25, 0.3) is 0 Å². The van der Waals surface area contributed by atoms with Crippen LogP contribution in [-0.2, 0) is 0 Å². The van der Waals surface area contributed by atoms with E-state index in [4.69, 9.17) is 10.2 Å². The molecule has 94 valence electrons. The number of aromatic carboxylic acids is 1. The minimum Gasteiger partial charge on any atom is -0.478 e. The molecule has 0 aliphatic carbocycles. The molecule has 1 aromatic heterocycles. The number of nitrogens with zero attached hydrogens (tertiary/aromatic N) is 1. The van der Waals surface area contributed by atoms with E-state index in [1.165, 1.54) is 6.20 Å². The van der Waals surface area contributed by atoms with Gasteiger partial charge in [0, 0.05) is 31.3 Å². The van der Waals surface area contributed by atoms with Gasteiger partial charge in [-0.3, -0.25) is 4.98 Å². The van der Waals surface area contributed by atoms with Crippen LogP contribution < -0.4 is 5.32 Å². The normalized spacial score (nSPS) is 10.2. The Bertz CT molecular complexity index is 360. The first-order valence-electron chi connectivity index (χ1n) is 5.35. The molecule has 3 N–H and O–H groups in total. The van der Waals surface area contributed by atoms with Crippen LogP contribution in [0.5, 0.6) is 0 Å². The molecule has 0 aliphatic heterocycles. The molecule has 0 atom stereocenters. The predicted molar refractivity (Wildman–Crippen MR) is 68.7 cm³/mol. The topological polar surface area (TPSA) is 82.5 Å². The molecule has 5 nitrogen and oxygen atoms in total. The molecule has 1 rings (SSSR count). The van der Waals surface area contributed by atoms with Crippen LogP contribution >= 0.6 is 11.8 Å². The molecule has 6 heteroatoms. The lowest BCUT2D eigenvalue weighted by atomic mass is 10.2. The molecule has 1 heterocycles. The summed E-state index contributed by atoms with van der Waals surface area (Å²) < 4.78 is 0. The van der Waals surface area contributed by atoms with Crippen LogP contribution in [0.1, 0.15) is 16.8 Å². The molecule has 0 unspecified atom stereocenters. The van der Waals surface area contributed by atoms with Crippen LogP contribution in [0.2, 0.25) is 0 Å². The zero-order valence-corrected chi connectivity index (χ0v) is 10.2. The van der Waals surface area contributed by atoms with E-state index < -0.39 is 5.97 Å². The highest BCUT2D eigenvalue weighted by Crippen LogP contribution is 2.13. The summed E-state index contributed by atoms with van der Waals surface area (Å²) in [4.78, 5) is 14.7. The Morgan fingerprint density at radius 1 is 1.47 bits per heavy atom. The first-order valence-corrected chi connectivity index (χ1v) is 6.51. The van der Waals surface area contributed by atoms with E-state index in [0.29, 0.717) is 12.2 Å². The summed E-state index contributed by atoms with van der Waals surface area (Å²) in [6, 6.07) is 1.65. The molecule has 0 spiro atoms. The summed E-state index contributed by atoms with van der Waals surface area (Å²) in [6.07, 6.45) is 3.69. The van der Waals surface area contributed by atoms with Crippen LogP contribution in [0.15, 0.2) is 18.5 Å². The maximum absolute atomic E-state index is 10.9. The Kier molecular flexibility index (Phi) is 6.42. The fourth-order valence-corrected chi connectivity index (χ4v) is 2.03. The van der Waals surface area contributed by atoms with Crippen molar-refractivity contribution in [3.63, 3.8) is 0 Å². The number of pyridine rings is 1. The number of aromatic nitrogens is 1.